The largest absolute Gasteiger partial charge is 0.387 e. The fraction of sp³-hybridized carbons (Fsp3) is 0.353. The van der Waals surface area contributed by atoms with E-state index in [9.17, 15) is 5.11 Å². The van der Waals surface area contributed by atoms with E-state index in [1.165, 1.54) is 11.3 Å². The number of aromatic nitrogens is 1. The molecule has 0 radical (unpaired) electrons. The van der Waals surface area contributed by atoms with Crippen LogP contribution in [0, 0.1) is 6.92 Å². The lowest BCUT2D eigenvalue weighted by Crippen LogP contribution is -2.17. The van der Waals surface area contributed by atoms with Gasteiger partial charge in [0, 0.05) is 12.2 Å². The van der Waals surface area contributed by atoms with Crippen LogP contribution in [0.3, 0.4) is 0 Å². The van der Waals surface area contributed by atoms with Gasteiger partial charge in [0.1, 0.15) is 0 Å². The average molecular weight is 270 g/mol. The molecule has 0 saturated heterocycles. The molecule has 1 heterocycles. The summed E-state index contributed by atoms with van der Waals surface area (Å²) in [5.41, 5.74) is 4.22. The van der Waals surface area contributed by atoms with Gasteiger partial charge in [0.2, 0.25) is 0 Å². The molecule has 0 aliphatic carbocycles. The lowest BCUT2D eigenvalue weighted by molar-refractivity contribution is 0.169. The zero-order valence-electron chi connectivity index (χ0n) is 12.4. The molecule has 3 heteroatoms. The molecule has 0 aliphatic heterocycles. The van der Waals surface area contributed by atoms with Gasteiger partial charge in [0.05, 0.1) is 23.7 Å². The van der Waals surface area contributed by atoms with Crippen LogP contribution in [0.25, 0.3) is 0 Å². The molecule has 2 rings (SSSR count). The summed E-state index contributed by atoms with van der Waals surface area (Å²) in [5, 5.41) is 9.80. The summed E-state index contributed by atoms with van der Waals surface area (Å²) < 4.78 is 0. The van der Waals surface area contributed by atoms with Gasteiger partial charge in [-0.25, -0.2) is 0 Å². The standard InChI is InChI=1S/C17H22N2O/c1-4-17(20)15-11-10-14(12-18-15)19(5-2)16-9-7-6-8-13(16)3/h6-12,17,20H,4-5H2,1-3H3. The third kappa shape index (κ3) is 2.99. The van der Waals surface area contributed by atoms with E-state index in [1.54, 1.807) is 0 Å². The Labute approximate surface area is 120 Å². The molecule has 0 saturated carbocycles. The van der Waals surface area contributed by atoms with Crippen LogP contribution in [0.4, 0.5) is 11.4 Å². The highest BCUT2D eigenvalue weighted by molar-refractivity contribution is 5.65. The number of hydrogen-bond donors (Lipinski definition) is 1. The normalized spacial score (nSPS) is 12.2. The van der Waals surface area contributed by atoms with E-state index in [0.717, 1.165) is 17.9 Å². The second-order valence-electron chi connectivity index (χ2n) is 4.90. The highest BCUT2D eigenvalue weighted by Gasteiger charge is 2.11. The van der Waals surface area contributed by atoms with E-state index in [0.29, 0.717) is 6.42 Å². The molecule has 1 unspecified atom stereocenters. The van der Waals surface area contributed by atoms with Gasteiger partial charge < -0.3 is 10.0 Å². The van der Waals surface area contributed by atoms with Gasteiger partial charge in [-0.2, -0.15) is 0 Å². The lowest BCUT2D eigenvalue weighted by Gasteiger charge is -2.25. The summed E-state index contributed by atoms with van der Waals surface area (Å²) >= 11 is 0. The van der Waals surface area contributed by atoms with Gasteiger partial charge in [-0.1, -0.05) is 25.1 Å². The van der Waals surface area contributed by atoms with Crippen LogP contribution in [0.15, 0.2) is 42.6 Å². The number of nitrogens with zero attached hydrogens (tertiary/aromatic N) is 2. The van der Waals surface area contributed by atoms with Crippen molar-refractivity contribution in [2.24, 2.45) is 0 Å². The van der Waals surface area contributed by atoms with Crippen molar-refractivity contribution in [3.05, 3.63) is 53.9 Å². The Morgan fingerprint density at radius 2 is 1.90 bits per heavy atom. The molecule has 2 aromatic rings. The fourth-order valence-corrected chi connectivity index (χ4v) is 2.32. The Hall–Kier alpha value is -1.87. The number of para-hydroxylation sites is 1. The maximum Gasteiger partial charge on any atom is 0.0957 e. The molecular weight excluding hydrogens is 248 g/mol. The van der Waals surface area contributed by atoms with Gasteiger partial charge in [0.25, 0.3) is 0 Å². The van der Waals surface area contributed by atoms with Gasteiger partial charge in [-0.3, -0.25) is 4.98 Å². The third-order valence-corrected chi connectivity index (χ3v) is 3.53. The van der Waals surface area contributed by atoms with Gasteiger partial charge in [-0.05, 0) is 44.0 Å². The summed E-state index contributed by atoms with van der Waals surface area (Å²) in [6.45, 7) is 7.07. The molecule has 1 atom stereocenters. The molecule has 0 amide bonds. The average Bonchev–Trinajstić information content (AvgIpc) is 2.50. The van der Waals surface area contributed by atoms with Crippen LogP contribution in [0.5, 0.6) is 0 Å². The quantitative estimate of drug-likeness (QED) is 0.892. The van der Waals surface area contributed by atoms with Crippen LogP contribution >= 0.6 is 0 Å². The van der Waals surface area contributed by atoms with Crippen molar-refractivity contribution in [3.8, 4) is 0 Å². The molecule has 0 bridgehead atoms. The number of hydrogen-bond acceptors (Lipinski definition) is 3. The first kappa shape index (κ1) is 14.5. The first-order valence-electron chi connectivity index (χ1n) is 7.14. The summed E-state index contributed by atoms with van der Waals surface area (Å²) in [4.78, 5) is 6.61. The molecule has 0 spiro atoms. The number of aryl methyl sites for hydroxylation is 1. The predicted octanol–water partition coefficient (Wildman–Crippen LogP) is 3.99. The molecule has 106 valence electrons. The molecule has 3 nitrogen and oxygen atoms in total. The Morgan fingerprint density at radius 3 is 2.45 bits per heavy atom. The highest BCUT2D eigenvalue weighted by atomic mass is 16.3. The summed E-state index contributed by atoms with van der Waals surface area (Å²) in [6, 6.07) is 12.3. The van der Waals surface area contributed by atoms with E-state index in [-0.39, 0.29) is 0 Å². The smallest absolute Gasteiger partial charge is 0.0957 e. The Kier molecular flexibility index (Phi) is 4.74. The number of anilines is 2. The van der Waals surface area contributed by atoms with Crippen molar-refractivity contribution in [3.63, 3.8) is 0 Å². The van der Waals surface area contributed by atoms with Crippen LogP contribution in [-0.2, 0) is 0 Å². The highest BCUT2D eigenvalue weighted by Crippen LogP contribution is 2.28. The predicted molar refractivity (Wildman–Crippen MR) is 83.3 cm³/mol. The fourth-order valence-electron chi connectivity index (χ4n) is 2.32. The molecule has 20 heavy (non-hydrogen) atoms. The zero-order chi connectivity index (χ0) is 14.5. The van der Waals surface area contributed by atoms with Gasteiger partial charge >= 0.3 is 0 Å². The third-order valence-electron chi connectivity index (χ3n) is 3.53. The second-order valence-corrected chi connectivity index (χ2v) is 4.90. The first-order chi connectivity index (χ1) is 9.67. The maximum absolute atomic E-state index is 9.80. The molecule has 0 aliphatic rings. The maximum atomic E-state index is 9.80. The molecule has 0 fully saturated rings. The van der Waals surface area contributed by atoms with Gasteiger partial charge in [-0.15, -0.1) is 0 Å². The molecule has 1 aromatic carbocycles. The number of rotatable bonds is 5. The van der Waals surface area contributed by atoms with E-state index in [1.807, 2.05) is 37.4 Å². The minimum absolute atomic E-state index is 0.474. The van der Waals surface area contributed by atoms with Crippen molar-refractivity contribution >= 4 is 11.4 Å². The van der Waals surface area contributed by atoms with Crippen molar-refractivity contribution < 1.29 is 5.11 Å². The SMILES string of the molecule is CCC(O)c1ccc(N(CC)c2ccccc2C)cn1. The molecule has 1 aromatic heterocycles. The lowest BCUT2D eigenvalue weighted by atomic mass is 10.1. The Bertz CT molecular complexity index is 551. The molecule has 1 N–H and O–H groups in total. The van der Waals surface area contributed by atoms with E-state index >= 15 is 0 Å². The van der Waals surface area contributed by atoms with E-state index in [4.69, 9.17) is 0 Å². The number of pyridine rings is 1. The van der Waals surface area contributed by atoms with E-state index in [2.05, 4.69) is 35.9 Å². The molecular formula is C17H22N2O. The van der Waals surface area contributed by atoms with E-state index < -0.39 is 6.10 Å². The minimum Gasteiger partial charge on any atom is -0.387 e. The second kappa shape index (κ2) is 6.53. The van der Waals surface area contributed by atoms with Crippen LogP contribution in [-0.4, -0.2) is 16.6 Å². The van der Waals surface area contributed by atoms with Crippen LogP contribution in [0.2, 0.25) is 0 Å². The van der Waals surface area contributed by atoms with Gasteiger partial charge in [0.15, 0.2) is 0 Å². The van der Waals surface area contributed by atoms with Crippen molar-refractivity contribution in [1.29, 1.82) is 0 Å². The monoisotopic (exact) mass is 270 g/mol. The Morgan fingerprint density at radius 1 is 1.15 bits per heavy atom. The van der Waals surface area contributed by atoms with Crippen molar-refractivity contribution in [1.82, 2.24) is 4.98 Å². The topological polar surface area (TPSA) is 36.4 Å². The Balaban J connectivity index is 2.31. The number of benzene rings is 1. The summed E-state index contributed by atoms with van der Waals surface area (Å²) in [6.07, 6.45) is 2.05. The van der Waals surface area contributed by atoms with Crippen molar-refractivity contribution in [2.75, 3.05) is 11.4 Å². The van der Waals surface area contributed by atoms with Crippen LogP contribution < -0.4 is 4.90 Å². The summed E-state index contributed by atoms with van der Waals surface area (Å²) in [7, 11) is 0. The van der Waals surface area contributed by atoms with Crippen LogP contribution in [0.1, 0.15) is 37.6 Å². The van der Waals surface area contributed by atoms with Crippen molar-refractivity contribution in [2.45, 2.75) is 33.3 Å². The first-order valence-corrected chi connectivity index (χ1v) is 7.14. The summed E-state index contributed by atoms with van der Waals surface area (Å²) in [5.74, 6) is 0. The number of aliphatic hydroxyl groups excluding tert-OH is 1. The zero-order valence-corrected chi connectivity index (χ0v) is 12.4. The number of aliphatic hydroxyl groups is 1. The minimum atomic E-state index is -0.474.